The molecule has 6 nitrogen and oxygen atoms in total. The van der Waals surface area contributed by atoms with Crippen LogP contribution in [0.15, 0.2) is 46.3 Å². The van der Waals surface area contributed by atoms with Gasteiger partial charge in [0.05, 0.1) is 28.6 Å². The fourth-order valence-electron chi connectivity index (χ4n) is 1.97. The van der Waals surface area contributed by atoms with Gasteiger partial charge in [-0.05, 0) is 42.9 Å². The highest BCUT2D eigenvalue weighted by atomic mass is 32.1. The first-order chi connectivity index (χ1) is 10.1. The molecular formula is C14H13N5OS. The van der Waals surface area contributed by atoms with E-state index in [9.17, 15) is 0 Å². The van der Waals surface area contributed by atoms with Crippen LogP contribution in [-0.2, 0) is 0 Å². The summed E-state index contributed by atoms with van der Waals surface area (Å²) < 4.78 is 5.07. The zero-order valence-corrected chi connectivity index (χ0v) is 12.1. The van der Waals surface area contributed by atoms with Gasteiger partial charge in [0.1, 0.15) is 12.1 Å². The Morgan fingerprint density at radius 1 is 1.43 bits per heavy atom. The SMILES string of the molecule is C/C(=N/NC(N)=S)c1ccc2nc(-c3ccoc3)[nH]c2c1. The molecule has 0 atom stereocenters. The van der Waals surface area contributed by atoms with Crippen molar-refractivity contribution < 1.29 is 4.42 Å². The number of imidazole rings is 1. The van der Waals surface area contributed by atoms with Gasteiger partial charge < -0.3 is 15.1 Å². The lowest BCUT2D eigenvalue weighted by Gasteiger charge is -2.01. The maximum atomic E-state index is 5.36. The van der Waals surface area contributed by atoms with E-state index in [2.05, 4.69) is 20.5 Å². The molecule has 4 N–H and O–H groups in total. The van der Waals surface area contributed by atoms with Crippen molar-refractivity contribution >= 4 is 34.1 Å². The molecule has 0 amide bonds. The number of nitrogens with one attached hydrogen (secondary N) is 2. The fraction of sp³-hybridized carbons (Fsp3) is 0.0714. The van der Waals surface area contributed by atoms with Crippen LogP contribution in [-0.4, -0.2) is 20.8 Å². The number of hydrogen-bond acceptors (Lipinski definition) is 4. The molecule has 2 heterocycles. The smallest absolute Gasteiger partial charge is 0.184 e. The van der Waals surface area contributed by atoms with Crippen molar-refractivity contribution in [3.05, 3.63) is 42.4 Å². The molecular weight excluding hydrogens is 286 g/mol. The highest BCUT2D eigenvalue weighted by Crippen LogP contribution is 2.21. The summed E-state index contributed by atoms with van der Waals surface area (Å²) in [6.45, 7) is 1.87. The Kier molecular flexibility index (Phi) is 3.41. The second kappa shape index (κ2) is 5.37. The zero-order valence-electron chi connectivity index (χ0n) is 11.3. The molecule has 3 rings (SSSR count). The number of furan rings is 1. The third-order valence-electron chi connectivity index (χ3n) is 3.03. The van der Waals surface area contributed by atoms with E-state index >= 15 is 0 Å². The van der Waals surface area contributed by atoms with Crippen LogP contribution < -0.4 is 11.2 Å². The first kappa shape index (κ1) is 13.3. The Hall–Kier alpha value is -2.67. The first-order valence-electron chi connectivity index (χ1n) is 6.26. The van der Waals surface area contributed by atoms with Gasteiger partial charge in [0, 0.05) is 0 Å². The number of hydrazone groups is 1. The molecule has 0 aliphatic heterocycles. The largest absolute Gasteiger partial charge is 0.472 e. The lowest BCUT2D eigenvalue weighted by atomic mass is 10.1. The number of benzene rings is 1. The van der Waals surface area contributed by atoms with Crippen LogP contribution in [0, 0.1) is 0 Å². The van der Waals surface area contributed by atoms with E-state index in [1.807, 2.05) is 31.2 Å². The predicted molar refractivity (Wildman–Crippen MR) is 85.9 cm³/mol. The lowest BCUT2D eigenvalue weighted by molar-refractivity contribution is 0.568. The van der Waals surface area contributed by atoms with Crippen molar-refractivity contribution in [3.63, 3.8) is 0 Å². The van der Waals surface area contributed by atoms with Gasteiger partial charge in [0.15, 0.2) is 5.11 Å². The number of H-pyrrole nitrogens is 1. The van der Waals surface area contributed by atoms with Gasteiger partial charge in [-0.2, -0.15) is 5.10 Å². The van der Waals surface area contributed by atoms with E-state index in [1.54, 1.807) is 12.5 Å². The first-order valence-corrected chi connectivity index (χ1v) is 6.67. The number of rotatable bonds is 3. The highest BCUT2D eigenvalue weighted by molar-refractivity contribution is 7.80. The number of aromatic amines is 1. The quantitative estimate of drug-likeness (QED) is 0.392. The van der Waals surface area contributed by atoms with E-state index in [-0.39, 0.29) is 5.11 Å². The Morgan fingerprint density at radius 2 is 2.29 bits per heavy atom. The van der Waals surface area contributed by atoms with E-state index in [0.717, 1.165) is 33.7 Å². The Morgan fingerprint density at radius 3 is 3.00 bits per heavy atom. The summed E-state index contributed by atoms with van der Waals surface area (Å²) >= 11 is 4.72. The number of thiocarbonyl (C=S) groups is 1. The Balaban J connectivity index is 1.97. The molecule has 0 saturated heterocycles. The highest BCUT2D eigenvalue weighted by Gasteiger charge is 2.08. The van der Waals surface area contributed by atoms with Gasteiger partial charge in [-0.1, -0.05) is 6.07 Å². The van der Waals surface area contributed by atoms with Crippen molar-refractivity contribution in [2.75, 3.05) is 0 Å². The molecule has 7 heteroatoms. The third-order valence-corrected chi connectivity index (χ3v) is 3.12. The molecule has 0 bridgehead atoms. The number of nitrogens with two attached hydrogens (primary N) is 1. The minimum atomic E-state index is 0.138. The number of nitrogens with zero attached hydrogens (tertiary/aromatic N) is 2. The molecule has 0 aliphatic carbocycles. The molecule has 0 aliphatic rings. The minimum absolute atomic E-state index is 0.138. The molecule has 1 aromatic carbocycles. The van der Waals surface area contributed by atoms with Crippen LogP contribution in [0.2, 0.25) is 0 Å². The minimum Gasteiger partial charge on any atom is -0.472 e. The summed E-state index contributed by atoms with van der Waals surface area (Å²) in [5, 5.41) is 4.25. The molecule has 3 aromatic rings. The Bertz CT molecular complexity index is 819. The molecule has 0 radical (unpaired) electrons. The molecule has 2 aromatic heterocycles. The van der Waals surface area contributed by atoms with Crippen molar-refractivity contribution in [3.8, 4) is 11.4 Å². The van der Waals surface area contributed by atoms with Gasteiger partial charge in [-0.15, -0.1) is 0 Å². The standard InChI is InChI=1S/C14H13N5OS/c1-8(18-19-14(15)21)9-2-3-11-12(6-9)17-13(16-11)10-4-5-20-7-10/h2-7H,1H3,(H,16,17)(H3,15,19,21)/b18-8-. The molecule has 21 heavy (non-hydrogen) atoms. The third kappa shape index (κ3) is 2.77. The topological polar surface area (TPSA) is 92.2 Å². The zero-order chi connectivity index (χ0) is 14.8. The monoisotopic (exact) mass is 299 g/mol. The summed E-state index contributed by atoms with van der Waals surface area (Å²) in [4.78, 5) is 7.78. The predicted octanol–water partition coefficient (Wildman–Crippen LogP) is 2.38. The maximum Gasteiger partial charge on any atom is 0.184 e. The normalized spacial score (nSPS) is 11.8. The molecule has 0 saturated carbocycles. The maximum absolute atomic E-state index is 5.36. The second-order valence-electron chi connectivity index (χ2n) is 4.50. The average Bonchev–Trinajstić information content (AvgIpc) is 3.11. The fourth-order valence-corrected chi connectivity index (χ4v) is 2.02. The number of aromatic nitrogens is 2. The van der Waals surface area contributed by atoms with Crippen molar-refractivity contribution in [1.82, 2.24) is 15.4 Å². The van der Waals surface area contributed by atoms with Crippen LogP contribution in [0.4, 0.5) is 0 Å². The van der Waals surface area contributed by atoms with Crippen LogP contribution >= 0.6 is 12.2 Å². The summed E-state index contributed by atoms with van der Waals surface area (Å²) in [5.41, 5.74) is 12.4. The second-order valence-corrected chi connectivity index (χ2v) is 4.94. The molecule has 0 unspecified atom stereocenters. The molecule has 0 spiro atoms. The summed E-state index contributed by atoms with van der Waals surface area (Å²) in [7, 11) is 0. The van der Waals surface area contributed by atoms with Crippen molar-refractivity contribution in [2.45, 2.75) is 6.92 Å². The number of fused-ring (bicyclic) bond motifs is 1. The van der Waals surface area contributed by atoms with E-state index in [4.69, 9.17) is 22.4 Å². The Labute approximate surface area is 126 Å². The number of hydrogen-bond donors (Lipinski definition) is 3. The van der Waals surface area contributed by atoms with Gasteiger partial charge in [0.25, 0.3) is 0 Å². The van der Waals surface area contributed by atoms with E-state index < -0.39 is 0 Å². The summed E-state index contributed by atoms with van der Waals surface area (Å²) in [6, 6.07) is 7.72. The molecule has 0 fully saturated rings. The summed E-state index contributed by atoms with van der Waals surface area (Å²) in [5.74, 6) is 0.770. The summed E-state index contributed by atoms with van der Waals surface area (Å²) in [6.07, 6.45) is 3.27. The van der Waals surface area contributed by atoms with Crippen LogP contribution in [0.25, 0.3) is 22.4 Å². The van der Waals surface area contributed by atoms with Crippen LogP contribution in [0.5, 0.6) is 0 Å². The van der Waals surface area contributed by atoms with E-state index in [1.165, 1.54) is 0 Å². The lowest BCUT2D eigenvalue weighted by Crippen LogP contribution is -2.25. The van der Waals surface area contributed by atoms with Crippen molar-refractivity contribution in [2.24, 2.45) is 10.8 Å². The van der Waals surface area contributed by atoms with Crippen LogP contribution in [0.1, 0.15) is 12.5 Å². The van der Waals surface area contributed by atoms with Gasteiger partial charge in [-0.25, -0.2) is 4.98 Å². The van der Waals surface area contributed by atoms with Crippen LogP contribution in [0.3, 0.4) is 0 Å². The van der Waals surface area contributed by atoms with Crippen molar-refractivity contribution in [1.29, 1.82) is 0 Å². The van der Waals surface area contributed by atoms with E-state index in [0.29, 0.717) is 0 Å². The van der Waals surface area contributed by atoms with Gasteiger partial charge in [-0.3, -0.25) is 5.43 Å². The van der Waals surface area contributed by atoms with Gasteiger partial charge >= 0.3 is 0 Å². The van der Waals surface area contributed by atoms with Gasteiger partial charge in [0.2, 0.25) is 0 Å². The average molecular weight is 299 g/mol. The molecule has 106 valence electrons.